The molecule has 6 nitrogen and oxygen atoms in total. The van der Waals surface area contributed by atoms with E-state index in [9.17, 15) is 13.2 Å². The summed E-state index contributed by atoms with van der Waals surface area (Å²) in [7, 11) is -3.56. The Morgan fingerprint density at radius 1 is 1.13 bits per heavy atom. The summed E-state index contributed by atoms with van der Waals surface area (Å²) in [4.78, 5) is 17.3. The molecule has 0 unspecified atom stereocenters. The van der Waals surface area contributed by atoms with Crippen molar-refractivity contribution in [1.29, 1.82) is 0 Å². The molecule has 1 fully saturated rings. The second kappa shape index (κ2) is 8.67. The van der Waals surface area contributed by atoms with Crippen LogP contribution in [0.2, 0.25) is 0 Å². The van der Waals surface area contributed by atoms with Gasteiger partial charge in [0.1, 0.15) is 0 Å². The van der Waals surface area contributed by atoms with Crippen molar-refractivity contribution < 1.29 is 13.2 Å². The van der Waals surface area contributed by atoms with Crippen molar-refractivity contribution >= 4 is 32.4 Å². The average Bonchev–Trinajstić information content (AvgIpc) is 3.47. The van der Waals surface area contributed by atoms with E-state index in [2.05, 4.69) is 29.4 Å². The van der Waals surface area contributed by atoms with Gasteiger partial charge in [-0.25, -0.2) is 13.4 Å². The van der Waals surface area contributed by atoms with E-state index >= 15 is 0 Å². The molecule has 1 aliphatic heterocycles. The van der Waals surface area contributed by atoms with Gasteiger partial charge in [-0.1, -0.05) is 37.3 Å². The van der Waals surface area contributed by atoms with Crippen LogP contribution in [0.4, 0.5) is 5.13 Å². The molecule has 4 rings (SSSR count). The Kier molecular flexibility index (Phi) is 5.99. The Bertz CT molecular complexity index is 1150. The van der Waals surface area contributed by atoms with Crippen molar-refractivity contribution in [3.05, 3.63) is 65.0 Å². The van der Waals surface area contributed by atoms with Gasteiger partial charge in [0.2, 0.25) is 10.0 Å². The summed E-state index contributed by atoms with van der Waals surface area (Å²) in [5.41, 5.74) is 3.33. The van der Waals surface area contributed by atoms with Crippen LogP contribution in [0, 0.1) is 0 Å². The molecule has 1 aliphatic rings. The Hall–Kier alpha value is -2.55. The number of carbonyl (C=O) groups is 1. The first-order valence-electron chi connectivity index (χ1n) is 9.94. The maximum atomic E-state index is 12.8. The van der Waals surface area contributed by atoms with E-state index in [4.69, 9.17) is 0 Å². The normalized spacial score (nSPS) is 14.7. The van der Waals surface area contributed by atoms with Crippen LogP contribution >= 0.6 is 11.3 Å². The fourth-order valence-corrected chi connectivity index (χ4v) is 5.70. The molecule has 0 atom stereocenters. The second-order valence-electron chi connectivity index (χ2n) is 7.18. The minimum absolute atomic E-state index is 0.146. The quantitative estimate of drug-likeness (QED) is 0.615. The fraction of sp³-hybridized carbons (Fsp3) is 0.273. The summed E-state index contributed by atoms with van der Waals surface area (Å²) in [6, 6.07) is 14.3. The van der Waals surface area contributed by atoms with Crippen molar-refractivity contribution in [2.45, 2.75) is 31.1 Å². The number of aromatic nitrogens is 1. The number of anilines is 1. The fourth-order valence-electron chi connectivity index (χ4n) is 3.42. The summed E-state index contributed by atoms with van der Waals surface area (Å²) < 4.78 is 27.0. The zero-order valence-electron chi connectivity index (χ0n) is 16.7. The molecule has 2 heterocycles. The third-order valence-electron chi connectivity index (χ3n) is 5.18. The van der Waals surface area contributed by atoms with Gasteiger partial charge in [-0.3, -0.25) is 10.1 Å². The van der Waals surface area contributed by atoms with E-state index < -0.39 is 10.0 Å². The number of carbonyl (C=O) groups excluding carboxylic acids is 1. The van der Waals surface area contributed by atoms with Crippen LogP contribution in [0.1, 0.15) is 35.7 Å². The van der Waals surface area contributed by atoms with E-state index in [1.807, 2.05) is 17.5 Å². The van der Waals surface area contributed by atoms with Gasteiger partial charge in [-0.15, -0.1) is 11.3 Å². The molecule has 1 aromatic heterocycles. The van der Waals surface area contributed by atoms with E-state index in [1.165, 1.54) is 33.3 Å². The summed E-state index contributed by atoms with van der Waals surface area (Å²) >= 11 is 1.34. The van der Waals surface area contributed by atoms with Crippen molar-refractivity contribution in [2.75, 3.05) is 18.4 Å². The first kappa shape index (κ1) is 20.7. The molecule has 1 N–H and O–H groups in total. The lowest BCUT2D eigenvalue weighted by molar-refractivity contribution is 0.102. The Labute approximate surface area is 180 Å². The highest BCUT2D eigenvalue weighted by atomic mass is 32.2. The van der Waals surface area contributed by atoms with Gasteiger partial charge in [0.25, 0.3) is 5.91 Å². The molecular formula is C22H23N3O3S2. The number of rotatable bonds is 6. The largest absolute Gasteiger partial charge is 0.298 e. The van der Waals surface area contributed by atoms with Gasteiger partial charge in [-0.05, 0) is 43.0 Å². The number of nitrogens with one attached hydrogen (secondary N) is 1. The number of benzene rings is 2. The van der Waals surface area contributed by atoms with Crippen LogP contribution in [-0.2, 0) is 16.4 Å². The highest BCUT2D eigenvalue weighted by molar-refractivity contribution is 7.89. The molecule has 1 amide bonds. The van der Waals surface area contributed by atoms with Crippen LogP contribution in [0.25, 0.3) is 11.3 Å². The first-order chi connectivity index (χ1) is 14.5. The molecule has 0 saturated carbocycles. The lowest BCUT2D eigenvalue weighted by atomic mass is 10.1. The van der Waals surface area contributed by atoms with Gasteiger partial charge in [0, 0.05) is 29.6 Å². The molecule has 0 aliphatic carbocycles. The molecule has 2 aromatic carbocycles. The van der Waals surface area contributed by atoms with Gasteiger partial charge in [0.15, 0.2) is 5.13 Å². The topological polar surface area (TPSA) is 79.4 Å². The van der Waals surface area contributed by atoms with E-state index in [0.717, 1.165) is 30.5 Å². The lowest BCUT2D eigenvalue weighted by Gasteiger charge is -2.15. The monoisotopic (exact) mass is 441 g/mol. The molecule has 3 aromatic rings. The molecule has 0 radical (unpaired) electrons. The molecule has 8 heteroatoms. The number of sulfonamides is 1. The Morgan fingerprint density at radius 2 is 1.87 bits per heavy atom. The molecular weight excluding hydrogens is 418 g/mol. The number of aryl methyl sites for hydroxylation is 1. The second-order valence-corrected chi connectivity index (χ2v) is 9.98. The van der Waals surface area contributed by atoms with Gasteiger partial charge in [-0.2, -0.15) is 4.31 Å². The van der Waals surface area contributed by atoms with E-state index in [0.29, 0.717) is 23.8 Å². The third-order valence-corrected chi connectivity index (χ3v) is 7.83. The number of thiazole rings is 1. The predicted molar refractivity (Wildman–Crippen MR) is 119 cm³/mol. The van der Waals surface area contributed by atoms with Crippen molar-refractivity contribution in [2.24, 2.45) is 0 Å². The van der Waals surface area contributed by atoms with Crippen LogP contribution in [0.5, 0.6) is 0 Å². The third kappa shape index (κ3) is 4.30. The van der Waals surface area contributed by atoms with Crippen molar-refractivity contribution in [3.8, 4) is 11.3 Å². The van der Waals surface area contributed by atoms with Crippen LogP contribution in [0.3, 0.4) is 0 Å². The maximum absolute atomic E-state index is 12.8. The molecule has 0 spiro atoms. The molecule has 0 bridgehead atoms. The standard InChI is InChI=1S/C22H23N3O3S2/c1-2-16-8-10-17(11-9-16)20-15-29-22(23-20)24-21(26)18-6-5-7-19(14-18)30(27,28)25-12-3-4-13-25/h5-11,14-15H,2-4,12-13H2,1H3,(H,23,24,26). The average molecular weight is 442 g/mol. The number of nitrogens with zero attached hydrogens (tertiary/aromatic N) is 2. The smallest absolute Gasteiger partial charge is 0.257 e. The summed E-state index contributed by atoms with van der Waals surface area (Å²) in [6.45, 7) is 3.16. The molecule has 1 saturated heterocycles. The van der Waals surface area contributed by atoms with E-state index in [-0.39, 0.29) is 10.8 Å². The number of hydrogen-bond donors (Lipinski definition) is 1. The zero-order valence-corrected chi connectivity index (χ0v) is 18.3. The van der Waals surface area contributed by atoms with Crippen molar-refractivity contribution in [3.63, 3.8) is 0 Å². The summed E-state index contributed by atoms with van der Waals surface area (Å²) in [5.74, 6) is -0.379. The Morgan fingerprint density at radius 3 is 2.57 bits per heavy atom. The van der Waals surface area contributed by atoms with E-state index in [1.54, 1.807) is 12.1 Å². The molecule has 30 heavy (non-hydrogen) atoms. The SMILES string of the molecule is CCc1ccc(-c2csc(NC(=O)c3cccc(S(=O)(=O)N4CCCC4)c3)n2)cc1. The zero-order chi connectivity index (χ0) is 21.1. The first-order valence-corrected chi connectivity index (χ1v) is 12.3. The minimum atomic E-state index is -3.56. The molecule has 156 valence electrons. The Balaban J connectivity index is 1.50. The van der Waals surface area contributed by atoms with Crippen molar-refractivity contribution in [1.82, 2.24) is 9.29 Å². The highest BCUT2D eigenvalue weighted by Crippen LogP contribution is 2.26. The van der Waals surface area contributed by atoms with Gasteiger partial charge < -0.3 is 0 Å². The number of hydrogen-bond acceptors (Lipinski definition) is 5. The summed E-state index contributed by atoms with van der Waals surface area (Å²) in [5, 5.41) is 5.15. The lowest BCUT2D eigenvalue weighted by Crippen LogP contribution is -2.28. The van der Waals surface area contributed by atoms with Gasteiger partial charge in [0.05, 0.1) is 10.6 Å². The maximum Gasteiger partial charge on any atom is 0.257 e. The van der Waals surface area contributed by atoms with Crippen LogP contribution in [-0.4, -0.2) is 36.7 Å². The summed E-state index contributed by atoms with van der Waals surface area (Å²) in [6.07, 6.45) is 2.71. The number of amides is 1. The minimum Gasteiger partial charge on any atom is -0.298 e. The van der Waals surface area contributed by atoms with Crippen LogP contribution in [0.15, 0.2) is 58.8 Å². The van der Waals surface area contributed by atoms with Gasteiger partial charge >= 0.3 is 0 Å². The highest BCUT2D eigenvalue weighted by Gasteiger charge is 2.27. The van der Waals surface area contributed by atoms with Crippen LogP contribution < -0.4 is 5.32 Å². The predicted octanol–water partition coefficient (Wildman–Crippen LogP) is 4.41.